The number of hydrogen-bond donors (Lipinski definition) is 0. The van der Waals surface area contributed by atoms with Crippen molar-refractivity contribution >= 4 is 0 Å². The summed E-state index contributed by atoms with van der Waals surface area (Å²) in [7, 11) is 0. The molecule has 0 bridgehead atoms. The summed E-state index contributed by atoms with van der Waals surface area (Å²) in [5.74, 6) is 0. The van der Waals surface area contributed by atoms with E-state index < -0.39 is 0 Å². The molecule has 2 unspecified atom stereocenters. The number of piperidine rings is 2. The first kappa shape index (κ1) is 37.5. The Balaban J connectivity index is -0.0000000804. The molecule has 0 spiro atoms. The fourth-order valence-electron chi connectivity index (χ4n) is 1.92. The Kier molecular flexibility index (Phi) is 40.5. The van der Waals surface area contributed by atoms with Crippen LogP contribution in [0.1, 0.15) is 25.7 Å². The summed E-state index contributed by atoms with van der Waals surface area (Å²) in [4.78, 5) is 0. The maximum absolute atomic E-state index is 4.38. The van der Waals surface area contributed by atoms with Gasteiger partial charge in [0, 0.05) is 0 Å². The SMILES string of the molecule is C1C[N-]CC(N=NC2CCC[N-]C2)C1.[Cu+2].[Cu+2].[NH2-].[OH3+].[OH3+].[OH3+].[OH3+]. The van der Waals surface area contributed by atoms with Gasteiger partial charge in [0.25, 0.3) is 0 Å². The molecule has 0 amide bonds. The molecule has 2 aliphatic heterocycles. The van der Waals surface area contributed by atoms with Gasteiger partial charge in [0.1, 0.15) is 0 Å². The van der Waals surface area contributed by atoms with Gasteiger partial charge < -0.3 is 38.7 Å². The van der Waals surface area contributed by atoms with Crippen LogP contribution in [0.15, 0.2) is 10.2 Å². The van der Waals surface area contributed by atoms with Crippen molar-refractivity contribution in [3.8, 4) is 0 Å². The quantitative estimate of drug-likeness (QED) is 0.318. The number of azo groups is 1. The van der Waals surface area contributed by atoms with Crippen LogP contribution in [0.3, 0.4) is 0 Å². The average molecular weight is 413 g/mol. The van der Waals surface area contributed by atoms with Crippen molar-refractivity contribution in [1.29, 1.82) is 0 Å². The van der Waals surface area contributed by atoms with E-state index in [0.717, 1.165) is 39.0 Å². The summed E-state index contributed by atoms with van der Waals surface area (Å²) in [6.45, 7) is 3.80. The molecule has 14 N–H and O–H groups in total. The zero-order valence-corrected chi connectivity index (χ0v) is 14.0. The Bertz CT molecular complexity index is 186. The van der Waals surface area contributed by atoms with Crippen molar-refractivity contribution < 1.29 is 56.0 Å². The van der Waals surface area contributed by atoms with Gasteiger partial charge in [-0.2, -0.15) is 10.2 Å². The fourth-order valence-corrected chi connectivity index (χ4v) is 1.92. The molecule has 2 saturated heterocycles. The number of nitrogens with two attached hydrogens (primary N) is 1. The van der Waals surface area contributed by atoms with Crippen molar-refractivity contribution in [2.75, 3.05) is 26.2 Å². The van der Waals surface area contributed by atoms with Gasteiger partial charge in [0.05, 0.1) is 12.1 Å². The second-order valence-corrected chi connectivity index (χ2v) is 4.08. The van der Waals surface area contributed by atoms with Crippen LogP contribution in [0.25, 0.3) is 16.8 Å². The molecule has 0 aromatic rings. The van der Waals surface area contributed by atoms with Gasteiger partial charge in [-0.05, 0) is 12.8 Å². The van der Waals surface area contributed by atoms with E-state index in [4.69, 9.17) is 0 Å². The molecule has 9 nitrogen and oxygen atoms in total. The van der Waals surface area contributed by atoms with E-state index in [-0.39, 0.29) is 62.2 Å². The van der Waals surface area contributed by atoms with Crippen LogP contribution in [0.5, 0.6) is 0 Å². The molecule has 11 heteroatoms. The zero-order chi connectivity index (χ0) is 9.64. The normalized spacial score (nSPS) is 23.2. The Labute approximate surface area is 147 Å². The molecule has 21 heavy (non-hydrogen) atoms. The Morgan fingerprint density at radius 3 is 1.24 bits per heavy atom. The van der Waals surface area contributed by atoms with Crippen LogP contribution in [-0.2, 0) is 56.0 Å². The minimum atomic E-state index is 0. The van der Waals surface area contributed by atoms with E-state index in [2.05, 4.69) is 20.9 Å². The van der Waals surface area contributed by atoms with Crippen LogP contribution in [0.2, 0.25) is 0 Å². The standard InChI is InChI=1S/C10H18N4.2Cu.H2N.4H2O/c1-3-9(7-11-5-1)13-14-10-4-2-6-12-8-10;;;;;;;/h9-10H,1-8H2;;;5*1H2/q-2;2*+2;-1;;;;/p+4. The molecule has 2 fully saturated rings. The first-order chi connectivity index (χ1) is 6.95. The first-order valence-electron chi connectivity index (χ1n) is 5.61. The van der Waals surface area contributed by atoms with E-state index in [0.29, 0.717) is 12.1 Å². The Morgan fingerprint density at radius 2 is 1.00 bits per heavy atom. The molecule has 0 aromatic heterocycles. The van der Waals surface area contributed by atoms with Crippen LogP contribution in [0, 0.1) is 0 Å². The third kappa shape index (κ3) is 15.0. The van der Waals surface area contributed by atoms with Crippen LogP contribution >= 0.6 is 0 Å². The summed E-state index contributed by atoms with van der Waals surface area (Å²) in [5.41, 5.74) is 0. The minimum absolute atomic E-state index is 0. The van der Waals surface area contributed by atoms with Gasteiger partial charge in [0.2, 0.25) is 0 Å². The molecule has 2 atom stereocenters. The van der Waals surface area contributed by atoms with E-state index in [1.165, 1.54) is 12.8 Å². The molecular weight excluding hydrogens is 381 g/mol. The second kappa shape index (κ2) is 22.6. The van der Waals surface area contributed by atoms with Crippen LogP contribution < -0.4 is 0 Å². The minimum Gasteiger partial charge on any atom is -0.693 e. The predicted molar refractivity (Wildman–Crippen MR) is 81.9 cm³/mol. The molecule has 2 rings (SSSR count). The van der Waals surface area contributed by atoms with Crippen molar-refractivity contribution in [3.63, 3.8) is 0 Å². The third-order valence-electron chi connectivity index (χ3n) is 2.78. The molecule has 0 saturated carbocycles. The first-order valence-corrected chi connectivity index (χ1v) is 5.61. The monoisotopic (exact) mass is 412 g/mol. The molecule has 138 valence electrons. The van der Waals surface area contributed by atoms with E-state index in [1.54, 1.807) is 0 Å². The summed E-state index contributed by atoms with van der Waals surface area (Å²) < 4.78 is 0. The van der Waals surface area contributed by atoms with Crippen LogP contribution in [-0.4, -0.2) is 38.3 Å². The molecule has 2 heterocycles. The van der Waals surface area contributed by atoms with Gasteiger partial charge in [-0.3, -0.25) is 0 Å². The van der Waals surface area contributed by atoms with Gasteiger partial charge in [-0.1, -0.05) is 12.8 Å². The molecular formula is C10H32Cu2N5O4+5. The van der Waals surface area contributed by atoms with Gasteiger partial charge >= 0.3 is 34.1 Å². The summed E-state index contributed by atoms with van der Waals surface area (Å²) in [5, 5.41) is 17.4. The largest absolute Gasteiger partial charge is 2.00 e. The number of nitrogens with zero attached hydrogens (tertiary/aromatic N) is 4. The number of rotatable bonds is 2. The fraction of sp³-hybridized carbons (Fsp3) is 1.00. The summed E-state index contributed by atoms with van der Waals surface area (Å²) >= 11 is 0. The van der Waals surface area contributed by atoms with Crippen molar-refractivity contribution in [3.05, 3.63) is 16.8 Å². The van der Waals surface area contributed by atoms with Crippen molar-refractivity contribution in [2.45, 2.75) is 37.8 Å². The topological polar surface area (TPSA) is 218 Å². The van der Waals surface area contributed by atoms with Crippen LogP contribution in [0.4, 0.5) is 0 Å². The maximum atomic E-state index is 4.38. The summed E-state index contributed by atoms with van der Waals surface area (Å²) in [6.07, 6.45) is 4.69. The number of hydrogen-bond acceptors (Lipinski definition) is 2. The zero-order valence-electron chi connectivity index (χ0n) is 12.1. The molecule has 0 aromatic carbocycles. The predicted octanol–water partition coefficient (Wildman–Crippen LogP) is -0.465. The van der Waals surface area contributed by atoms with E-state index >= 15 is 0 Å². The van der Waals surface area contributed by atoms with Gasteiger partial charge in [0.15, 0.2) is 0 Å². The van der Waals surface area contributed by atoms with Gasteiger partial charge in [-0.15, -0.1) is 26.2 Å². The second-order valence-electron chi connectivity index (χ2n) is 4.08. The summed E-state index contributed by atoms with van der Waals surface area (Å²) in [6, 6.07) is 0.733. The Hall–Kier alpha value is 0.359. The maximum Gasteiger partial charge on any atom is 2.00 e. The smallest absolute Gasteiger partial charge is 0.693 e. The molecule has 2 aliphatic rings. The van der Waals surface area contributed by atoms with Crippen molar-refractivity contribution in [1.82, 2.24) is 0 Å². The Morgan fingerprint density at radius 1 is 0.667 bits per heavy atom. The van der Waals surface area contributed by atoms with E-state index in [9.17, 15) is 0 Å². The third-order valence-corrected chi connectivity index (χ3v) is 2.78. The molecule has 0 aliphatic carbocycles. The van der Waals surface area contributed by atoms with E-state index in [1.807, 2.05) is 0 Å². The average Bonchev–Trinajstić information content (AvgIpc) is 2.29. The molecule has 2 radical (unpaired) electrons. The van der Waals surface area contributed by atoms with Crippen molar-refractivity contribution in [2.24, 2.45) is 10.2 Å². The van der Waals surface area contributed by atoms with Gasteiger partial charge in [-0.25, -0.2) is 0 Å².